The molecule has 0 bridgehead atoms. The zero-order valence-electron chi connectivity index (χ0n) is 7.81. The van der Waals surface area contributed by atoms with Gasteiger partial charge in [0.05, 0.1) is 15.7 Å². The summed E-state index contributed by atoms with van der Waals surface area (Å²) in [6, 6.07) is 3.68. The van der Waals surface area contributed by atoms with Gasteiger partial charge >= 0.3 is 0 Å². The van der Waals surface area contributed by atoms with Crippen LogP contribution in [0.1, 0.15) is 5.56 Å². The summed E-state index contributed by atoms with van der Waals surface area (Å²) in [7, 11) is -3.43. The number of nitro benzene ring substituents is 1. The van der Waals surface area contributed by atoms with Crippen molar-refractivity contribution in [3.05, 3.63) is 33.9 Å². The van der Waals surface area contributed by atoms with Gasteiger partial charge in [-0.2, -0.15) is 0 Å². The van der Waals surface area contributed by atoms with E-state index in [1.165, 1.54) is 12.1 Å². The van der Waals surface area contributed by atoms with E-state index in [1.807, 2.05) is 0 Å². The second-order valence-electron chi connectivity index (χ2n) is 2.95. The van der Waals surface area contributed by atoms with Gasteiger partial charge in [0.25, 0.3) is 5.69 Å². The van der Waals surface area contributed by atoms with Crippen LogP contribution in [0.3, 0.4) is 0 Å². The van der Waals surface area contributed by atoms with Crippen LogP contribution in [-0.4, -0.2) is 19.6 Å². The summed E-state index contributed by atoms with van der Waals surface area (Å²) >= 11 is 5.49. The van der Waals surface area contributed by atoms with Crippen LogP contribution in [0.25, 0.3) is 0 Å². The molecule has 0 radical (unpaired) electrons. The van der Waals surface area contributed by atoms with E-state index in [0.717, 1.165) is 12.3 Å². The second-order valence-corrected chi connectivity index (χ2v) is 5.24. The SMILES string of the molecule is CS(=O)(=O)c1ccc(CCl)c([N+](=O)[O-])c1. The lowest BCUT2D eigenvalue weighted by Gasteiger charge is -2.01. The normalized spacial score (nSPS) is 11.3. The first-order chi connectivity index (χ1) is 6.86. The van der Waals surface area contributed by atoms with Gasteiger partial charge in [-0.1, -0.05) is 0 Å². The van der Waals surface area contributed by atoms with Gasteiger partial charge in [0, 0.05) is 17.9 Å². The lowest BCUT2D eigenvalue weighted by atomic mass is 10.2. The predicted octanol–water partition coefficient (Wildman–Crippen LogP) is 1.74. The lowest BCUT2D eigenvalue weighted by molar-refractivity contribution is -0.385. The lowest BCUT2D eigenvalue weighted by Crippen LogP contribution is -2.00. The molecule has 0 saturated carbocycles. The Morgan fingerprint density at radius 1 is 1.47 bits per heavy atom. The van der Waals surface area contributed by atoms with E-state index in [4.69, 9.17) is 11.6 Å². The molecule has 0 N–H and O–H groups in total. The number of hydrogen-bond donors (Lipinski definition) is 0. The van der Waals surface area contributed by atoms with Gasteiger partial charge in [-0.15, -0.1) is 11.6 Å². The fraction of sp³-hybridized carbons (Fsp3) is 0.250. The number of nitro groups is 1. The third kappa shape index (κ3) is 2.66. The minimum Gasteiger partial charge on any atom is -0.258 e. The van der Waals surface area contributed by atoms with E-state index in [-0.39, 0.29) is 16.5 Å². The first kappa shape index (κ1) is 11.9. The quantitative estimate of drug-likeness (QED) is 0.464. The molecule has 0 saturated heterocycles. The Kier molecular flexibility index (Phi) is 3.31. The largest absolute Gasteiger partial charge is 0.275 e. The van der Waals surface area contributed by atoms with Crippen LogP contribution < -0.4 is 0 Å². The maximum Gasteiger partial charge on any atom is 0.275 e. The summed E-state index contributed by atoms with van der Waals surface area (Å²) in [6.07, 6.45) is 0.992. The van der Waals surface area contributed by atoms with E-state index < -0.39 is 14.8 Å². The van der Waals surface area contributed by atoms with Gasteiger partial charge in [-0.3, -0.25) is 10.1 Å². The molecule has 0 atom stereocenters. The first-order valence-corrected chi connectivity index (χ1v) is 6.32. The Bertz CT molecular complexity index is 497. The standard InChI is InChI=1S/C8H8ClNO4S/c1-15(13,14)7-3-2-6(5-9)8(4-7)10(11)12/h2-4H,5H2,1H3. The van der Waals surface area contributed by atoms with Crippen LogP contribution in [0.15, 0.2) is 23.1 Å². The maximum absolute atomic E-state index is 11.2. The number of hydrogen-bond acceptors (Lipinski definition) is 4. The topological polar surface area (TPSA) is 77.3 Å². The summed E-state index contributed by atoms with van der Waals surface area (Å²) in [4.78, 5) is 9.88. The fourth-order valence-electron chi connectivity index (χ4n) is 1.06. The Morgan fingerprint density at radius 3 is 2.47 bits per heavy atom. The highest BCUT2D eigenvalue weighted by atomic mass is 35.5. The Morgan fingerprint density at radius 2 is 2.07 bits per heavy atom. The molecule has 0 aliphatic heterocycles. The third-order valence-corrected chi connectivity index (χ3v) is 3.22. The van der Waals surface area contributed by atoms with Crippen molar-refractivity contribution in [2.24, 2.45) is 0 Å². The molecular weight excluding hydrogens is 242 g/mol. The Hall–Kier alpha value is -1.14. The van der Waals surface area contributed by atoms with Crippen molar-refractivity contribution in [2.75, 3.05) is 6.26 Å². The summed E-state index contributed by atoms with van der Waals surface area (Å²) in [5.41, 5.74) is 0.0296. The maximum atomic E-state index is 11.2. The molecule has 82 valence electrons. The molecule has 0 aliphatic rings. The van der Waals surface area contributed by atoms with Crippen LogP contribution in [0, 0.1) is 10.1 Å². The Labute approximate surface area is 91.7 Å². The highest BCUT2D eigenvalue weighted by Gasteiger charge is 2.17. The molecule has 0 amide bonds. The van der Waals surface area contributed by atoms with Crippen molar-refractivity contribution >= 4 is 27.1 Å². The van der Waals surface area contributed by atoms with Crippen molar-refractivity contribution in [2.45, 2.75) is 10.8 Å². The molecule has 0 spiro atoms. The van der Waals surface area contributed by atoms with E-state index in [0.29, 0.717) is 5.56 Å². The molecule has 0 aliphatic carbocycles. The number of rotatable bonds is 3. The van der Waals surface area contributed by atoms with Gasteiger partial charge in [0.2, 0.25) is 0 Å². The highest BCUT2D eigenvalue weighted by Crippen LogP contribution is 2.24. The highest BCUT2D eigenvalue weighted by molar-refractivity contribution is 7.90. The van der Waals surface area contributed by atoms with Crippen LogP contribution in [0.5, 0.6) is 0 Å². The molecule has 7 heteroatoms. The van der Waals surface area contributed by atoms with Crippen LogP contribution >= 0.6 is 11.6 Å². The molecule has 0 fully saturated rings. The number of benzene rings is 1. The van der Waals surface area contributed by atoms with Gasteiger partial charge < -0.3 is 0 Å². The van der Waals surface area contributed by atoms with E-state index in [1.54, 1.807) is 0 Å². The van der Waals surface area contributed by atoms with Crippen LogP contribution in [-0.2, 0) is 15.7 Å². The van der Waals surface area contributed by atoms with Gasteiger partial charge in [0.1, 0.15) is 0 Å². The molecule has 15 heavy (non-hydrogen) atoms. The molecule has 1 rings (SSSR count). The molecule has 0 heterocycles. The van der Waals surface area contributed by atoms with Gasteiger partial charge in [0.15, 0.2) is 9.84 Å². The van der Waals surface area contributed by atoms with Crippen molar-refractivity contribution in [3.8, 4) is 0 Å². The zero-order valence-corrected chi connectivity index (χ0v) is 9.38. The zero-order chi connectivity index (χ0) is 11.6. The van der Waals surface area contributed by atoms with E-state index in [2.05, 4.69) is 0 Å². The number of alkyl halides is 1. The van der Waals surface area contributed by atoms with Crippen molar-refractivity contribution in [1.82, 2.24) is 0 Å². The van der Waals surface area contributed by atoms with Crippen molar-refractivity contribution in [1.29, 1.82) is 0 Å². The van der Waals surface area contributed by atoms with E-state index in [9.17, 15) is 18.5 Å². The summed E-state index contributed by atoms with van der Waals surface area (Å²) < 4.78 is 22.3. The summed E-state index contributed by atoms with van der Waals surface area (Å²) in [5.74, 6) is -0.0274. The third-order valence-electron chi connectivity index (χ3n) is 1.83. The smallest absolute Gasteiger partial charge is 0.258 e. The second kappa shape index (κ2) is 4.16. The molecule has 5 nitrogen and oxygen atoms in total. The van der Waals surface area contributed by atoms with Gasteiger partial charge in [-0.05, 0) is 12.1 Å². The molecule has 1 aromatic carbocycles. The number of halogens is 1. The Balaban J connectivity index is 3.42. The minimum absolute atomic E-state index is 0.0274. The van der Waals surface area contributed by atoms with Crippen LogP contribution in [0.4, 0.5) is 5.69 Å². The fourth-order valence-corrected chi connectivity index (χ4v) is 1.92. The first-order valence-electron chi connectivity index (χ1n) is 3.89. The monoisotopic (exact) mass is 249 g/mol. The average molecular weight is 250 g/mol. The average Bonchev–Trinajstić information content (AvgIpc) is 2.15. The van der Waals surface area contributed by atoms with Gasteiger partial charge in [-0.25, -0.2) is 8.42 Å². The summed E-state index contributed by atoms with van der Waals surface area (Å²) in [6.45, 7) is 0. The number of nitrogens with zero attached hydrogens (tertiary/aromatic N) is 1. The van der Waals surface area contributed by atoms with Crippen molar-refractivity contribution < 1.29 is 13.3 Å². The predicted molar refractivity (Wildman–Crippen MR) is 55.8 cm³/mol. The van der Waals surface area contributed by atoms with Crippen molar-refractivity contribution in [3.63, 3.8) is 0 Å². The minimum atomic E-state index is -3.43. The molecular formula is C8H8ClNO4S. The van der Waals surface area contributed by atoms with Crippen LogP contribution in [0.2, 0.25) is 0 Å². The van der Waals surface area contributed by atoms with E-state index >= 15 is 0 Å². The number of sulfone groups is 1. The molecule has 0 aromatic heterocycles. The summed E-state index contributed by atoms with van der Waals surface area (Å²) in [5, 5.41) is 10.6. The molecule has 1 aromatic rings. The molecule has 0 unspecified atom stereocenters.